The number of nitrogens with zero attached hydrogens (tertiary/aromatic N) is 2. The van der Waals surface area contributed by atoms with Crippen LogP contribution in [0.3, 0.4) is 0 Å². The largest absolute Gasteiger partial charge is 0.319 e. The van der Waals surface area contributed by atoms with Crippen LogP contribution in [0.4, 0.5) is 11.4 Å². The minimum Gasteiger partial charge on any atom is -0.319 e. The van der Waals surface area contributed by atoms with Crippen LogP contribution in [0.1, 0.15) is 32.1 Å². The Balaban J connectivity index is 2.23. The first-order chi connectivity index (χ1) is 9.59. The van der Waals surface area contributed by atoms with Gasteiger partial charge in [0.25, 0.3) is 5.69 Å². The molecule has 0 bridgehead atoms. The summed E-state index contributed by atoms with van der Waals surface area (Å²) >= 11 is 0. The van der Waals surface area contributed by atoms with Crippen LogP contribution in [-0.4, -0.2) is 10.8 Å². The van der Waals surface area contributed by atoms with Gasteiger partial charge in [0.2, 0.25) is 5.91 Å². The topological polar surface area (TPSA) is 96.0 Å². The second-order valence-corrected chi connectivity index (χ2v) is 4.98. The number of benzene rings is 1. The molecule has 0 saturated heterocycles. The molecule has 6 heteroatoms. The molecule has 1 saturated carbocycles. The maximum absolute atomic E-state index is 12.3. The summed E-state index contributed by atoms with van der Waals surface area (Å²) in [5.74, 6) is -0.436. The first kappa shape index (κ1) is 14.0. The van der Waals surface area contributed by atoms with Crippen molar-refractivity contribution in [1.82, 2.24) is 0 Å². The van der Waals surface area contributed by atoms with E-state index in [1.165, 1.54) is 18.2 Å². The molecule has 104 valence electrons. The number of amides is 1. The lowest BCUT2D eigenvalue weighted by molar-refractivity contribution is -0.383. The molecule has 1 fully saturated rings. The summed E-state index contributed by atoms with van der Waals surface area (Å²) in [6, 6.07) is 8.06. The van der Waals surface area contributed by atoms with Crippen molar-refractivity contribution in [3.63, 3.8) is 0 Å². The highest BCUT2D eigenvalue weighted by atomic mass is 16.6. The average molecular weight is 273 g/mol. The SMILES string of the molecule is N#CC1(C(=O)Nc2ccccc2[N+](=O)[O-])CCCCC1. The predicted octanol–water partition coefficient (Wildman–Crippen LogP) is 3.01. The molecule has 0 unspecified atom stereocenters. The van der Waals surface area contributed by atoms with Crippen molar-refractivity contribution in [2.45, 2.75) is 32.1 Å². The number of nitrogens with one attached hydrogen (secondary N) is 1. The van der Waals surface area contributed by atoms with Gasteiger partial charge < -0.3 is 5.32 Å². The first-order valence-corrected chi connectivity index (χ1v) is 6.55. The number of nitriles is 1. The third-order valence-corrected chi connectivity index (χ3v) is 3.70. The van der Waals surface area contributed by atoms with E-state index in [-0.39, 0.29) is 11.4 Å². The number of para-hydroxylation sites is 2. The molecule has 2 rings (SSSR count). The van der Waals surface area contributed by atoms with Gasteiger partial charge in [-0.05, 0) is 18.9 Å². The zero-order valence-electron chi connectivity index (χ0n) is 11.0. The van der Waals surface area contributed by atoms with Gasteiger partial charge in [0.1, 0.15) is 11.1 Å². The lowest BCUT2D eigenvalue weighted by Crippen LogP contribution is -2.36. The quantitative estimate of drug-likeness (QED) is 0.676. The molecule has 1 aromatic rings. The van der Waals surface area contributed by atoms with Gasteiger partial charge in [0, 0.05) is 6.07 Å². The monoisotopic (exact) mass is 273 g/mol. The molecule has 0 radical (unpaired) electrons. The van der Waals surface area contributed by atoms with Crippen molar-refractivity contribution in [3.05, 3.63) is 34.4 Å². The minimum absolute atomic E-state index is 0.141. The molecule has 1 aromatic carbocycles. The van der Waals surface area contributed by atoms with Crippen LogP contribution >= 0.6 is 0 Å². The molecular weight excluding hydrogens is 258 g/mol. The summed E-state index contributed by atoms with van der Waals surface area (Å²) in [6.07, 6.45) is 3.70. The van der Waals surface area contributed by atoms with Crippen molar-refractivity contribution >= 4 is 17.3 Å². The number of nitro benzene ring substituents is 1. The Morgan fingerprint density at radius 1 is 1.30 bits per heavy atom. The normalized spacial score (nSPS) is 16.9. The Bertz CT molecular complexity index is 571. The fourth-order valence-electron chi connectivity index (χ4n) is 2.53. The molecule has 0 aliphatic heterocycles. The van der Waals surface area contributed by atoms with E-state index < -0.39 is 16.2 Å². The van der Waals surface area contributed by atoms with Gasteiger partial charge >= 0.3 is 0 Å². The molecule has 6 nitrogen and oxygen atoms in total. The molecule has 1 aliphatic carbocycles. The lowest BCUT2D eigenvalue weighted by Gasteiger charge is -2.29. The zero-order valence-corrected chi connectivity index (χ0v) is 11.0. The van der Waals surface area contributed by atoms with Gasteiger partial charge in [-0.1, -0.05) is 31.4 Å². The fourth-order valence-corrected chi connectivity index (χ4v) is 2.53. The van der Waals surface area contributed by atoms with E-state index in [1.54, 1.807) is 6.07 Å². The second-order valence-electron chi connectivity index (χ2n) is 4.98. The van der Waals surface area contributed by atoms with E-state index in [0.29, 0.717) is 12.8 Å². The summed E-state index contributed by atoms with van der Waals surface area (Å²) in [4.78, 5) is 22.7. The average Bonchev–Trinajstić information content (AvgIpc) is 2.48. The molecular formula is C14H15N3O3. The minimum atomic E-state index is -1.05. The highest BCUT2D eigenvalue weighted by molar-refractivity contribution is 5.98. The van der Waals surface area contributed by atoms with Crippen LogP contribution in [0.2, 0.25) is 0 Å². The number of carbonyl (C=O) groups is 1. The molecule has 0 heterocycles. The lowest BCUT2D eigenvalue weighted by atomic mass is 9.74. The van der Waals surface area contributed by atoms with Crippen molar-refractivity contribution in [2.75, 3.05) is 5.32 Å². The van der Waals surface area contributed by atoms with E-state index in [2.05, 4.69) is 11.4 Å². The van der Waals surface area contributed by atoms with Crippen LogP contribution in [0.5, 0.6) is 0 Å². The maximum atomic E-state index is 12.3. The van der Waals surface area contributed by atoms with Crippen LogP contribution in [-0.2, 0) is 4.79 Å². The van der Waals surface area contributed by atoms with E-state index in [9.17, 15) is 20.2 Å². The van der Waals surface area contributed by atoms with Crippen LogP contribution < -0.4 is 5.32 Å². The third kappa shape index (κ3) is 2.62. The van der Waals surface area contributed by atoms with E-state index in [1.807, 2.05) is 0 Å². The number of hydrogen-bond acceptors (Lipinski definition) is 4. The fraction of sp³-hybridized carbons (Fsp3) is 0.429. The van der Waals surface area contributed by atoms with Gasteiger partial charge in [0.15, 0.2) is 0 Å². The first-order valence-electron chi connectivity index (χ1n) is 6.55. The molecule has 0 spiro atoms. The summed E-state index contributed by atoms with van der Waals surface area (Å²) in [5.41, 5.74) is -1.07. The van der Waals surface area contributed by atoms with Gasteiger partial charge in [-0.2, -0.15) is 5.26 Å². The third-order valence-electron chi connectivity index (χ3n) is 3.70. The number of nitro groups is 1. The van der Waals surface area contributed by atoms with E-state index in [4.69, 9.17) is 0 Å². The molecule has 1 N–H and O–H groups in total. The van der Waals surface area contributed by atoms with E-state index in [0.717, 1.165) is 19.3 Å². The Hall–Kier alpha value is -2.42. The Morgan fingerprint density at radius 2 is 1.95 bits per heavy atom. The molecule has 0 atom stereocenters. The molecule has 0 aromatic heterocycles. The predicted molar refractivity (Wildman–Crippen MR) is 72.9 cm³/mol. The van der Waals surface area contributed by atoms with Gasteiger partial charge in [-0.3, -0.25) is 14.9 Å². The Labute approximate surface area is 116 Å². The van der Waals surface area contributed by atoms with Crippen molar-refractivity contribution in [3.8, 4) is 6.07 Å². The van der Waals surface area contributed by atoms with E-state index >= 15 is 0 Å². The number of hydrogen-bond donors (Lipinski definition) is 1. The van der Waals surface area contributed by atoms with Gasteiger partial charge in [0.05, 0.1) is 11.0 Å². The van der Waals surface area contributed by atoms with Gasteiger partial charge in [-0.15, -0.1) is 0 Å². The number of rotatable bonds is 3. The smallest absolute Gasteiger partial charge is 0.292 e. The highest BCUT2D eigenvalue weighted by Crippen LogP contribution is 2.37. The van der Waals surface area contributed by atoms with Crippen LogP contribution in [0.15, 0.2) is 24.3 Å². The number of anilines is 1. The summed E-state index contributed by atoms with van der Waals surface area (Å²) < 4.78 is 0. The maximum Gasteiger partial charge on any atom is 0.292 e. The number of carbonyl (C=O) groups excluding carboxylic acids is 1. The van der Waals surface area contributed by atoms with Crippen molar-refractivity contribution in [2.24, 2.45) is 5.41 Å². The van der Waals surface area contributed by atoms with Crippen LogP contribution in [0.25, 0.3) is 0 Å². The highest BCUT2D eigenvalue weighted by Gasteiger charge is 2.40. The van der Waals surface area contributed by atoms with Crippen molar-refractivity contribution < 1.29 is 9.72 Å². The summed E-state index contributed by atoms with van der Waals surface area (Å²) in [6.45, 7) is 0. The summed E-state index contributed by atoms with van der Waals surface area (Å²) in [5, 5.41) is 22.8. The molecule has 1 amide bonds. The summed E-state index contributed by atoms with van der Waals surface area (Å²) in [7, 11) is 0. The Kier molecular flexibility index (Phi) is 3.99. The second kappa shape index (κ2) is 5.70. The van der Waals surface area contributed by atoms with Crippen molar-refractivity contribution in [1.29, 1.82) is 5.26 Å². The Morgan fingerprint density at radius 3 is 2.55 bits per heavy atom. The van der Waals surface area contributed by atoms with Gasteiger partial charge in [-0.25, -0.2) is 0 Å². The zero-order chi connectivity index (χ0) is 14.6. The standard InChI is InChI=1S/C14H15N3O3/c15-10-14(8-4-1-5-9-14)13(18)16-11-6-2-3-7-12(11)17(19)20/h2-3,6-7H,1,4-5,8-9H2,(H,16,18). The molecule has 20 heavy (non-hydrogen) atoms. The van der Waals surface area contributed by atoms with Crippen LogP contribution in [0, 0.1) is 26.9 Å². The molecule has 1 aliphatic rings.